The van der Waals surface area contributed by atoms with Crippen LogP contribution in [0, 0.1) is 17.8 Å². The van der Waals surface area contributed by atoms with Crippen LogP contribution in [0.4, 0.5) is 31.1 Å². The predicted molar refractivity (Wildman–Crippen MR) is 124 cm³/mol. The van der Waals surface area contributed by atoms with E-state index in [-0.39, 0.29) is 29.7 Å². The summed E-state index contributed by atoms with van der Waals surface area (Å²) in [5.41, 5.74) is -1.63. The van der Waals surface area contributed by atoms with E-state index in [4.69, 9.17) is 4.74 Å². The van der Waals surface area contributed by atoms with Gasteiger partial charge in [-0.3, -0.25) is 9.89 Å². The molecule has 1 saturated heterocycles. The summed E-state index contributed by atoms with van der Waals surface area (Å²) >= 11 is 0. The van der Waals surface area contributed by atoms with Crippen molar-refractivity contribution in [3.63, 3.8) is 0 Å². The molecule has 2 aromatic carbocycles. The number of aromatic nitrogens is 3. The molecule has 0 spiro atoms. The third-order valence-electron chi connectivity index (χ3n) is 7.38. The van der Waals surface area contributed by atoms with Crippen molar-refractivity contribution in [1.82, 2.24) is 25.6 Å². The Kier molecular flexibility index (Phi) is 6.89. The van der Waals surface area contributed by atoms with Gasteiger partial charge in [-0.25, -0.2) is 4.79 Å². The molecule has 2 fully saturated rings. The first-order chi connectivity index (χ1) is 18.4. The topological polar surface area (TPSA) is 100 Å². The van der Waals surface area contributed by atoms with E-state index in [1.165, 1.54) is 4.90 Å². The van der Waals surface area contributed by atoms with Crippen LogP contribution < -0.4 is 5.32 Å². The number of nitrogens with zero attached hydrogens (tertiary/aromatic N) is 3. The zero-order valence-corrected chi connectivity index (χ0v) is 20.3. The standard InChI is InChI=1S/C25H23F6N5O3/c26-24(27,28)17-5-13(6-18(8-17)25(29,30)31)12-39-23(38)36-10-15-1-2-16(11-36)19(15)9-32-22(37)14-3-4-20-21(7-14)34-35-33-20/h3-8,15-16,19H,1-2,9-12H2,(H,32,37)(H,33,34,35)/t15-,16+,19?. The second-order valence-electron chi connectivity index (χ2n) is 9.89. The van der Waals surface area contributed by atoms with Crippen molar-refractivity contribution in [2.75, 3.05) is 19.6 Å². The van der Waals surface area contributed by atoms with Crippen molar-refractivity contribution in [3.8, 4) is 0 Å². The molecule has 5 rings (SSSR count). The van der Waals surface area contributed by atoms with Crippen LogP contribution in [-0.4, -0.2) is 51.9 Å². The predicted octanol–water partition coefficient (Wildman–Crippen LogP) is 5.02. The van der Waals surface area contributed by atoms with Gasteiger partial charge in [-0.2, -0.15) is 26.3 Å². The van der Waals surface area contributed by atoms with Gasteiger partial charge in [0.25, 0.3) is 5.91 Å². The molecular formula is C25H23F6N5O3. The number of piperidine rings is 1. The number of likely N-dealkylation sites (tertiary alicyclic amines) is 1. The zero-order valence-electron chi connectivity index (χ0n) is 20.3. The molecule has 39 heavy (non-hydrogen) atoms. The maximum absolute atomic E-state index is 13.1. The number of amides is 2. The van der Waals surface area contributed by atoms with Crippen molar-refractivity contribution >= 4 is 23.0 Å². The van der Waals surface area contributed by atoms with Gasteiger partial charge in [0.15, 0.2) is 0 Å². The summed E-state index contributed by atoms with van der Waals surface area (Å²) in [6.45, 7) is 0.305. The van der Waals surface area contributed by atoms with Crippen molar-refractivity contribution in [2.24, 2.45) is 17.8 Å². The maximum atomic E-state index is 13.1. The summed E-state index contributed by atoms with van der Waals surface area (Å²) < 4.78 is 83.7. The van der Waals surface area contributed by atoms with Gasteiger partial charge in [-0.05, 0) is 72.6 Å². The largest absolute Gasteiger partial charge is 0.445 e. The summed E-state index contributed by atoms with van der Waals surface area (Å²) in [4.78, 5) is 26.8. The summed E-state index contributed by atoms with van der Waals surface area (Å²) in [6.07, 6.45) is -9.13. The van der Waals surface area contributed by atoms with Crippen molar-refractivity contribution in [1.29, 1.82) is 0 Å². The van der Waals surface area contributed by atoms with Gasteiger partial charge >= 0.3 is 18.4 Å². The Labute approximate surface area is 217 Å². The monoisotopic (exact) mass is 555 g/mol. The average Bonchev–Trinajstić information content (AvgIpc) is 3.44. The average molecular weight is 555 g/mol. The molecule has 3 aromatic rings. The summed E-state index contributed by atoms with van der Waals surface area (Å²) in [6, 6.07) is 6.11. The number of hydrogen-bond donors (Lipinski definition) is 2. The molecule has 0 radical (unpaired) electrons. The minimum Gasteiger partial charge on any atom is -0.445 e. The van der Waals surface area contributed by atoms with E-state index >= 15 is 0 Å². The molecule has 1 aliphatic carbocycles. The molecule has 2 aliphatic rings. The van der Waals surface area contributed by atoms with Gasteiger partial charge in [0.2, 0.25) is 0 Å². The highest BCUT2D eigenvalue weighted by Crippen LogP contribution is 2.42. The first kappa shape index (κ1) is 26.8. The molecule has 1 aliphatic heterocycles. The number of fused-ring (bicyclic) bond motifs is 3. The lowest BCUT2D eigenvalue weighted by Crippen LogP contribution is -2.48. The summed E-state index contributed by atoms with van der Waals surface area (Å²) in [5, 5.41) is 13.2. The van der Waals surface area contributed by atoms with Crippen molar-refractivity contribution < 1.29 is 40.7 Å². The fourth-order valence-electron chi connectivity index (χ4n) is 5.45. The minimum atomic E-state index is -4.99. The Morgan fingerprint density at radius 3 is 2.23 bits per heavy atom. The molecule has 2 bridgehead atoms. The van der Waals surface area contributed by atoms with E-state index in [2.05, 4.69) is 20.7 Å². The van der Waals surface area contributed by atoms with E-state index in [0.29, 0.717) is 48.4 Å². The smallest absolute Gasteiger partial charge is 0.416 e. The third-order valence-corrected chi connectivity index (χ3v) is 7.38. The van der Waals surface area contributed by atoms with E-state index in [1.807, 2.05) is 0 Å². The SMILES string of the molecule is O=C(NCC1[C@@H]2CC[C@H]1CN(C(=O)OCc1cc(C(F)(F)F)cc(C(F)(F)F)c1)C2)c1ccc2[nH]nnc2c1. The van der Waals surface area contributed by atoms with Crippen LogP contribution in [0.1, 0.15) is 39.9 Å². The third kappa shape index (κ3) is 5.78. The maximum Gasteiger partial charge on any atom is 0.416 e. The molecule has 2 amide bonds. The second kappa shape index (κ2) is 10.0. The Morgan fingerprint density at radius 2 is 1.62 bits per heavy atom. The van der Waals surface area contributed by atoms with Crippen LogP contribution in [0.5, 0.6) is 0 Å². The molecule has 208 valence electrons. The number of rotatable bonds is 5. The number of ether oxygens (including phenoxy) is 1. The molecule has 14 heteroatoms. The van der Waals surface area contributed by atoms with Crippen molar-refractivity contribution in [2.45, 2.75) is 31.8 Å². The van der Waals surface area contributed by atoms with Gasteiger partial charge in [0.1, 0.15) is 12.1 Å². The quantitative estimate of drug-likeness (QED) is 0.431. The van der Waals surface area contributed by atoms with Crippen LogP contribution in [-0.2, 0) is 23.7 Å². The molecule has 2 N–H and O–H groups in total. The molecule has 8 nitrogen and oxygen atoms in total. The lowest BCUT2D eigenvalue weighted by molar-refractivity contribution is -0.143. The number of H-pyrrole nitrogens is 1. The van der Waals surface area contributed by atoms with Gasteiger partial charge in [0.05, 0.1) is 16.6 Å². The van der Waals surface area contributed by atoms with E-state index in [0.717, 1.165) is 12.8 Å². The fraction of sp³-hybridized carbons (Fsp3) is 0.440. The Hall–Kier alpha value is -3.84. The number of aromatic amines is 1. The van der Waals surface area contributed by atoms with Crippen LogP contribution in [0.15, 0.2) is 36.4 Å². The number of hydrogen-bond acceptors (Lipinski definition) is 5. The lowest BCUT2D eigenvalue weighted by Gasteiger charge is -2.37. The number of halogens is 6. The number of carbonyl (C=O) groups excluding carboxylic acids is 2. The highest BCUT2D eigenvalue weighted by atomic mass is 19.4. The van der Waals surface area contributed by atoms with E-state index in [9.17, 15) is 35.9 Å². The number of benzene rings is 2. The highest BCUT2D eigenvalue weighted by Gasteiger charge is 2.44. The van der Waals surface area contributed by atoms with Gasteiger partial charge in [0, 0.05) is 25.2 Å². The molecule has 3 atom stereocenters. The van der Waals surface area contributed by atoms with E-state index < -0.39 is 41.7 Å². The fourth-order valence-corrected chi connectivity index (χ4v) is 5.45. The first-order valence-corrected chi connectivity index (χ1v) is 12.2. The number of nitrogens with one attached hydrogen (secondary N) is 2. The molecule has 1 aromatic heterocycles. The summed E-state index contributed by atoms with van der Waals surface area (Å²) in [7, 11) is 0. The number of carbonyl (C=O) groups is 2. The Morgan fingerprint density at radius 1 is 0.974 bits per heavy atom. The Bertz CT molecular complexity index is 1340. The number of alkyl halides is 6. The molecule has 1 saturated carbocycles. The van der Waals surface area contributed by atoms with Gasteiger partial charge < -0.3 is 15.0 Å². The highest BCUT2D eigenvalue weighted by molar-refractivity contribution is 5.97. The molecular weight excluding hydrogens is 532 g/mol. The Balaban J connectivity index is 1.17. The molecule has 1 unspecified atom stereocenters. The lowest BCUT2D eigenvalue weighted by atomic mass is 9.85. The van der Waals surface area contributed by atoms with Crippen LogP contribution in [0.25, 0.3) is 11.0 Å². The van der Waals surface area contributed by atoms with Gasteiger partial charge in [-0.1, -0.05) is 5.21 Å². The van der Waals surface area contributed by atoms with Crippen LogP contribution in [0.3, 0.4) is 0 Å². The normalized spacial score (nSPS) is 21.3. The van der Waals surface area contributed by atoms with Gasteiger partial charge in [-0.15, -0.1) is 5.10 Å². The van der Waals surface area contributed by atoms with Crippen LogP contribution >= 0.6 is 0 Å². The summed E-state index contributed by atoms with van der Waals surface area (Å²) in [5.74, 6) is -0.00735. The van der Waals surface area contributed by atoms with E-state index in [1.54, 1.807) is 18.2 Å². The second-order valence-corrected chi connectivity index (χ2v) is 9.89. The van der Waals surface area contributed by atoms with Crippen LogP contribution in [0.2, 0.25) is 0 Å². The molecule has 2 heterocycles. The zero-order chi connectivity index (χ0) is 27.9. The first-order valence-electron chi connectivity index (χ1n) is 12.2. The minimum absolute atomic E-state index is 0.0270. The van der Waals surface area contributed by atoms with Crippen molar-refractivity contribution in [3.05, 3.63) is 58.7 Å².